The summed E-state index contributed by atoms with van der Waals surface area (Å²) >= 11 is 0. The minimum atomic E-state index is 0.426. The zero-order chi connectivity index (χ0) is 6.97. The van der Waals surface area contributed by atoms with E-state index in [1.165, 1.54) is 5.92 Å². The van der Waals surface area contributed by atoms with Crippen LogP contribution in [0.3, 0.4) is 0 Å². The minimum Gasteiger partial charge on any atom is -0.508 e. The van der Waals surface area contributed by atoms with Crippen LogP contribution in [0.5, 0.6) is 5.75 Å². The molecule has 1 saturated carbocycles. The first-order valence-electron chi connectivity index (χ1n) is 3.51. The molecule has 1 aromatic rings. The van der Waals surface area contributed by atoms with Gasteiger partial charge in [0.05, 0.1) is 0 Å². The molecule has 1 aliphatic carbocycles. The van der Waals surface area contributed by atoms with Gasteiger partial charge in [0.2, 0.25) is 0 Å². The van der Waals surface area contributed by atoms with Gasteiger partial charge in [-0.05, 0) is 18.9 Å². The van der Waals surface area contributed by atoms with Crippen LogP contribution in [-0.2, 0) is 0 Å². The van der Waals surface area contributed by atoms with E-state index < -0.39 is 0 Å². The van der Waals surface area contributed by atoms with E-state index in [4.69, 9.17) is 0 Å². The summed E-state index contributed by atoms with van der Waals surface area (Å²) in [4.78, 5) is 0. The van der Waals surface area contributed by atoms with Crippen LogP contribution in [0.2, 0.25) is 0 Å². The highest BCUT2D eigenvalue weighted by molar-refractivity contribution is 5.46. The molecule has 0 spiro atoms. The van der Waals surface area contributed by atoms with Gasteiger partial charge < -0.3 is 5.11 Å². The van der Waals surface area contributed by atoms with Crippen LogP contribution in [0.4, 0.5) is 0 Å². The standard InChI is InChI=1S/C9H9O/c10-9-4-2-1-3-8(9)7-5-6-7/h1-4,10H,5-6H2. The molecule has 2 rings (SSSR count). The molecule has 1 fully saturated rings. The molecule has 1 aliphatic rings. The molecule has 0 aliphatic heterocycles. The quantitative estimate of drug-likeness (QED) is 0.622. The van der Waals surface area contributed by atoms with Crippen molar-refractivity contribution in [3.8, 4) is 5.75 Å². The lowest BCUT2D eigenvalue weighted by Crippen LogP contribution is -1.78. The number of hydrogen-bond donors (Lipinski definition) is 1. The van der Waals surface area contributed by atoms with E-state index in [9.17, 15) is 5.11 Å². The molecule has 0 unspecified atom stereocenters. The molecule has 0 heterocycles. The Hall–Kier alpha value is -0.980. The largest absolute Gasteiger partial charge is 0.508 e. The number of aromatic hydroxyl groups is 1. The number of benzene rings is 1. The van der Waals surface area contributed by atoms with Crippen LogP contribution in [-0.4, -0.2) is 5.11 Å². The number of phenols is 1. The van der Waals surface area contributed by atoms with Gasteiger partial charge in [-0.2, -0.15) is 0 Å². The highest BCUT2D eigenvalue weighted by atomic mass is 16.3. The van der Waals surface area contributed by atoms with Crippen LogP contribution >= 0.6 is 0 Å². The van der Waals surface area contributed by atoms with E-state index in [2.05, 4.69) is 0 Å². The molecule has 0 saturated heterocycles. The van der Waals surface area contributed by atoms with Crippen molar-refractivity contribution in [1.29, 1.82) is 0 Å². The number of hydrogen-bond acceptors (Lipinski definition) is 1. The van der Waals surface area contributed by atoms with Gasteiger partial charge in [-0.15, -0.1) is 0 Å². The Labute approximate surface area is 60.3 Å². The van der Waals surface area contributed by atoms with E-state index in [0.717, 1.165) is 18.4 Å². The number of para-hydroxylation sites is 1. The van der Waals surface area contributed by atoms with E-state index in [1.807, 2.05) is 18.2 Å². The fourth-order valence-corrected chi connectivity index (χ4v) is 1.10. The predicted octanol–water partition coefficient (Wildman–Crippen LogP) is 2.11. The van der Waals surface area contributed by atoms with Crippen molar-refractivity contribution in [2.24, 2.45) is 0 Å². The lowest BCUT2D eigenvalue weighted by atomic mass is 10.1. The third-order valence-electron chi connectivity index (χ3n) is 1.78. The smallest absolute Gasteiger partial charge is 0.119 e. The Bertz CT molecular complexity index is 238. The van der Waals surface area contributed by atoms with E-state index in [-0.39, 0.29) is 0 Å². The summed E-state index contributed by atoms with van der Waals surface area (Å²) in [6.07, 6.45) is 2.33. The SMILES string of the molecule is Oc1ccccc1[C]1CC1. The van der Waals surface area contributed by atoms with Crippen molar-refractivity contribution in [3.05, 3.63) is 35.7 Å². The lowest BCUT2D eigenvalue weighted by molar-refractivity contribution is 0.471. The fraction of sp³-hybridized carbons (Fsp3) is 0.222. The monoisotopic (exact) mass is 133 g/mol. The van der Waals surface area contributed by atoms with Crippen molar-refractivity contribution < 1.29 is 5.11 Å². The second-order valence-electron chi connectivity index (χ2n) is 2.62. The van der Waals surface area contributed by atoms with Gasteiger partial charge in [0, 0.05) is 11.5 Å². The summed E-state index contributed by atoms with van der Waals surface area (Å²) in [5.41, 5.74) is 1.04. The highest BCUT2D eigenvalue weighted by Gasteiger charge is 2.26. The maximum absolute atomic E-state index is 9.30. The first kappa shape index (κ1) is 5.78. The van der Waals surface area contributed by atoms with Crippen molar-refractivity contribution >= 4 is 0 Å². The van der Waals surface area contributed by atoms with Gasteiger partial charge in [0.15, 0.2) is 0 Å². The molecule has 0 bridgehead atoms. The van der Waals surface area contributed by atoms with Crippen LogP contribution in [0.25, 0.3) is 0 Å². The topological polar surface area (TPSA) is 20.2 Å². The molecule has 1 N–H and O–H groups in total. The zero-order valence-electron chi connectivity index (χ0n) is 5.67. The second-order valence-corrected chi connectivity index (χ2v) is 2.62. The van der Waals surface area contributed by atoms with Crippen molar-refractivity contribution in [1.82, 2.24) is 0 Å². The second kappa shape index (κ2) is 2.01. The van der Waals surface area contributed by atoms with Gasteiger partial charge in [-0.25, -0.2) is 0 Å². The van der Waals surface area contributed by atoms with Crippen molar-refractivity contribution in [2.45, 2.75) is 12.8 Å². The molecule has 1 heteroatoms. The molecule has 0 atom stereocenters. The van der Waals surface area contributed by atoms with E-state index >= 15 is 0 Å². The summed E-state index contributed by atoms with van der Waals surface area (Å²) < 4.78 is 0. The fourth-order valence-electron chi connectivity index (χ4n) is 1.10. The van der Waals surface area contributed by atoms with E-state index in [1.54, 1.807) is 6.07 Å². The van der Waals surface area contributed by atoms with Gasteiger partial charge in [0.1, 0.15) is 5.75 Å². The number of rotatable bonds is 1. The summed E-state index contributed by atoms with van der Waals surface area (Å²) in [6, 6.07) is 7.51. The Morgan fingerprint density at radius 2 is 1.80 bits per heavy atom. The molecule has 1 radical (unpaired) electrons. The van der Waals surface area contributed by atoms with Gasteiger partial charge >= 0.3 is 0 Å². The van der Waals surface area contributed by atoms with Crippen LogP contribution in [0, 0.1) is 5.92 Å². The van der Waals surface area contributed by atoms with Crippen molar-refractivity contribution in [3.63, 3.8) is 0 Å². The molecule has 10 heavy (non-hydrogen) atoms. The minimum absolute atomic E-state index is 0.426. The molecular formula is C9H9O. The van der Waals surface area contributed by atoms with Gasteiger partial charge in [-0.1, -0.05) is 18.2 Å². The molecule has 51 valence electrons. The molecular weight excluding hydrogens is 124 g/mol. The Kier molecular flexibility index (Phi) is 1.16. The third-order valence-corrected chi connectivity index (χ3v) is 1.78. The first-order valence-corrected chi connectivity index (χ1v) is 3.51. The third kappa shape index (κ3) is 0.878. The number of phenolic OH excluding ortho intramolecular Hbond substituents is 1. The molecule has 0 amide bonds. The Morgan fingerprint density at radius 1 is 1.10 bits per heavy atom. The van der Waals surface area contributed by atoms with Crippen LogP contribution in [0.15, 0.2) is 24.3 Å². The molecule has 0 aromatic heterocycles. The maximum Gasteiger partial charge on any atom is 0.119 e. The lowest BCUT2D eigenvalue weighted by Gasteiger charge is -1.98. The average Bonchev–Trinajstić information content (AvgIpc) is 2.71. The summed E-state index contributed by atoms with van der Waals surface area (Å²) in [5.74, 6) is 1.81. The van der Waals surface area contributed by atoms with E-state index in [0.29, 0.717) is 5.75 Å². The summed E-state index contributed by atoms with van der Waals surface area (Å²) in [5, 5.41) is 9.30. The van der Waals surface area contributed by atoms with Gasteiger partial charge in [-0.3, -0.25) is 0 Å². The predicted molar refractivity (Wildman–Crippen MR) is 39.7 cm³/mol. The zero-order valence-corrected chi connectivity index (χ0v) is 5.67. The molecule has 1 nitrogen and oxygen atoms in total. The summed E-state index contributed by atoms with van der Waals surface area (Å²) in [6.45, 7) is 0. The van der Waals surface area contributed by atoms with Crippen molar-refractivity contribution in [2.75, 3.05) is 0 Å². The normalized spacial score (nSPS) is 17.2. The Balaban J connectivity index is 2.39. The summed E-state index contributed by atoms with van der Waals surface area (Å²) in [7, 11) is 0. The van der Waals surface area contributed by atoms with Crippen LogP contribution in [0.1, 0.15) is 18.4 Å². The van der Waals surface area contributed by atoms with Gasteiger partial charge in [0.25, 0.3) is 0 Å². The molecule has 1 aromatic carbocycles. The first-order chi connectivity index (χ1) is 4.88. The Morgan fingerprint density at radius 3 is 2.40 bits per heavy atom. The highest BCUT2D eigenvalue weighted by Crippen LogP contribution is 2.42. The maximum atomic E-state index is 9.30. The average molecular weight is 133 g/mol. The van der Waals surface area contributed by atoms with Crippen LogP contribution < -0.4 is 0 Å².